The van der Waals surface area contributed by atoms with E-state index in [1.165, 1.54) is 0 Å². The molecule has 0 saturated carbocycles. The number of nitrogens with zero attached hydrogens (tertiary/aromatic N) is 2. The van der Waals surface area contributed by atoms with Crippen LogP contribution in [-0.2, 0) is 6.42 Å². The summed E-state index contributed by atoms with van der Waals surface area (Å²) in [5.74, 6) is 0.910. The normalized spacial score (nSPS) is 10.6. The summed E-state index contributed by atoms with van der Waals surface area (Å²) in [7, 11) is 1.81. The Labute approximate surface area is 129 Å². The summed E-state index contributed by atoms with van der Waals surface area (Å²) >= 11 is 0. The van der Waals surface area contributed by atoms with Crippen LogP contribution in [0.3, 0.4) is 0 Å². The summed E-state index contributed by atoms with van der Waals surface area (Å²) in [5.41, 5.74) is 1.73. The molecule has 0 bridgehead atoms. The summed E-state index contributed by atoms with van der Waals surface area (Å²) in [5, 5.41) is 0. The van der Waals surface area contributed by atoms with Crippen LogP contribution in [0.25, 0.3) is 5.69 Å². The number of aromatic nitrogens is 1. The average molecular weight is 294 g/mol. The van der Waals surface area contributed by atoms with Crippen LogP contribution < -0.4 is 0 Å². The molecular weight excluding hydrogens is 276 g/mol. The Hall–Kier alpha value is -2.75. The molecule has 2 heterocycles. The monoisotopic (exact) mass is 294 g/mol. The van der Waals surface area contributed by atoms with Crippen LogP contribution in [0.15, 0.2) is 71.6 Å². The van der Waals surface area contributed by atoms with E-state index < -0.39 is 0 Å². The first-order valence-corrected chi connectivity index (χ1v) is 7.25. The van der Waals surface area contributed by atoms with Gasteiger partial charge in [0.25, 0.3) is 5.91 Å². The fraction of sp³-hybridized carbons (Fsp3) is 0.167. The zero-order valence-electron chi connectivity index (χ0n) is 12.5. The molecule has 0 spiro atoms. The van der Waals surface area contributed by atoms with E-state index in [4.69, 9.17) is 4.42 Å². The molecule has 2 aromatic heterocycles. The molecular formula is C18H18N2O2. The smallest absolute Gasteiger partial charge is 0.253 e. The van der Waals surface area contributed by atoms with Crippen LogP contribution in [0.2, 0.25) is 0 Å². The maximum atomic E-state index is 12.4. The highest BCUT2D eigenvalue weighted by Crippen LogP contribution is 2.12. The maximum absolute atomic E-state index is 12.4. The summed E-state index contributed by atoms with van der Waals surface area (Å²) in [6.45, 7) is 0.631. The van der Waals surface area contributed by atoms with E-state index in [9.17, 15) is 4.79 Å². The van der Waals surface area contributed by atoms with E-state index in [1.807, 2.05) is 72.5 Å². The van der Waals surface area contributed by atoms with Crippen molar-refractivity contribution in [2.24, 2.45) is 0 Å². The van der Waals surface area contributed by atoms with Crippen molar-refractivity contribution in [3.05, 3.63) is 78.5 Å². The molecule has 22 heavy (non-hydrogen) atoms. The van der Waals surface area contributed by atoms with Crippen molar-refractivity contribution in [2.75, 3.05) is 13.6 Å². The quantitative estimate of drug-likeness (QED) is 0.723. The molecule has 0 fully saturated rings. The van der Waals surface area contributed by atoms with Gasteiger partial charge in [0, 0.05) is 43.7 Å². The first kappa shape index (κ1) is 14.2. The lowest BCUT2D eigenvalue weighted by Gasteiger charge is -2.16. The van der Waals surface area contributed by atoms with Gasteiger partial charge in [-0.05, 0) is 48.5 Å². The Morgan fingerprint density at radius 1 is 1.09 bits per heavy atom. The lowest BCUT2D eigenvalue weighted by molar-refractivity contribution is 0.0795. The second-order valence-corrected chi connectivity index (χ2v) is 5.19. The molecule has 0 atom stereocenters. The van der Waals surface area contributed by atoms with Crippen LogP contribution in [0, 0.1) is 0 Å². The Balaban J connectivity index is 1.64. The first-order valence-electron chi connectivity index (χ1n) is 7.25. The van der Waals surface area contributed by atoms with Crippen molar-refractivity contribution in [1.29, 1.82) is 0 Å². The van der Waals surface area contributed by atoms with Gasteiger partial charge in [-0.2, -0.15) is 0 Å². The van der Waals surface area contributed by atoms with Gasteiger partial charge in [-0.25, -0.2) is 0 Å². The third kappa shape index (κ3) is 3.11. The predicted octanol–water partition coefficient (Wildman–Crippen LogP) is 3.39. The van der Waals surface area contributed by atoms with Gasteiger partial charge in [0.15, 0.2) is 0 Å². The number of rotatable bonds is 5. The molecule has 0 unspecified atom stereocenters. The van der Waals surface area contributed by atoms with E-state index in [-0.39, 0.29) is 5.91 Å². The minimum atomic E-state index is 0.0191. The molecule has 0 aliphatic heterocycles. The van der Waals surface area contributed by atoms with Gasteiger partial charge in [0.05, 0.1) is 6.26 Å². The lowest BCUT2D eigenvalue weighted by atomic mass is 10.1. The molecule has 0 aliphatic rings. The van der Waals surface area contributed by atoms with Crippen molar-refractivity contribution < 1.29 is 9.21 Å². The molecule has 0 saturated heterocycles. The van der Waals surface area contributed by atoms with Crippen molar-refractivity contribution >= 4 is 5.91 Å². The number of benzene rings is 1. The zero-order valence-corrected chi connectivity index (χ0v) is 12.5. The van der Waals surface area contributed by atoms with Crippen LogP contribution in [0.5, 0.6) is 0 Å². The van der Waals surface area contributed by atoms with E-state index in [1.54, 1.807) is 11.2 Å². The van der Waals surface area contributed by atoms with E-state index in [0.717, 1.165) is 17.9 Å². The van der Waals surface area contributed by atoms with Gasteiger partial charge >= 0.3 is 0 Å². The molecule has 112 valence electrons. The minimum absolute atomic E-state index is 0.0191. The second-order valence-electron chi connectivity index (χ2n) is 5.19. The molecule has 3 aromatic rings. The zero-order chi connectivity index (χ0) is 15.4. The highest BCUT2D eigenvalue weighted by Gasteiger charge is 2.12. The summed E-state index contributed by atoms with van der Waals surface area (Å²) in [4.78, 5) is 14.1. The Kier molecular flexibility index (Phi) is 4.10. The SMILES string of the molecule is CN(CCc1ccco1)C(=O)c1ccc(-n2cccc2)cc1. The number of likely N-dealkylation sites (N-methyl/N-ethyl adjacent to an activating group) is 1. The van der Waals surface area contributed by atoms with Gasteiger partial charge in [-0.3, -0.25) is 4.79 Å². The van der Waals surface area contributed by atoms with Crippen molar-refractivity contribution in [3.63, 3.8) is 0 Å². The largest absolute Gasteiger partial charge is 0.469 e. The van der Waals surface area contributed by atoms with Gasteiger partial charge in [0.2, 0.25) is 0 Å². The van der Waals surface area contributed by atoms with Gasteiger partial charge in [0.1, 0.15) is 5.76 Å². The molecule has 4 nitrogen and oxygen atoms in total. The Bertz CT molecular complexity index is 713. The highest BCUT2D eigenvalue weighted by atomic mass is 16.3. The van der Waals surface area contributed by atoms with E-state index in [0.29, 0.717) is 12.1 Å². The number of furan rings is 1. The molecule has 0 N–H and O–H groups in total. The third-order valence-corrected chi connectivity index (χ3v) is 3.64. The molecule has 3 rings (SSSR count). The third-order valence-electron chi connectivity index (χ3n) is 3.64. The fourth-order valence-corrected chi connectivity index (χ4v) is 2.34. The number of carbonyl (C=O) groups excluding carboxylic acids is 1. The van der Waals surface area contributed by atoms with E-state index in [2.05, 4.69) is 0 Å². The van der Waals surface area contributed by atoms with Gasteiger partial charge in [-0.15, -0.1) is 0 Å². The van der Waals surface area contributed by atoms with Crippen molar-refractivity contribution in [3.8, 4) is 5.69 Å². The number of hydrogen-bond donors (Lipinski definition) is 0. The number of carbonyl (C=O) groups is 1. The summed E-state index contributed by atoms with van der Waals surface area (Å²) in [6, 6.07) is 15.4. The lowest BCUT2D eigenvalue weighted by Crippen LogP contribution is -2.28. The van der Waals surface area contributed by atoms with Crippen LogP contribution in [0.4, 0.5) is 0 Å². The molecule has 4 heteroatoms. The molecule has 1 amide bonds. The maximum Gasteiger partial charge on any atom is 0.253 e. The van der Waals surface area contributed by atoms with Crippen LogP contribution in [0.1, 0.15) is 16.1 Å². The molecule has 1 aromatic carbocycles. The van der Waals surface area contributed by atoms with Crippen molar-refractivity contribution in [1.82, 2.24) is 9.47 Å². The molecule has 0 aliphatic carbocycles. The highest BCUT2D eigenvalue weighted by molar-refractivity contribution is 5.94. The molecule has 0 radical (unpaired) electrons. The Morgan fingerprint density at radius 2 is 1.82 bits per heavy atom. The second kappa shape index (κ2) is 6.35. The van der Waals surface area contributed by atoms with Gasteiger partial charge < -0.3 is 13.9 Å². The first-order chi connectivity index (χ1) is 10.7. The standard InChI is InChI=1S/C18H18N2O2/c1-19(13-10-17-5-4-14-22-17)18(21)15-6-8-16(9-7-15)20-11-2-3-12-20/h2-9,11-12,14H,10,13H2,1H3. The number of hydrogen-bond acceptors (Lipinski definition) is 2. The fourth-order valence-electron chi connectivity index (χ4n) is 2.34. The number of amides is 1. The minimum Gasteiger partial charge on any atom is -0.469 e. The van der Waals surface area contributed by atoms with Crippen molar-refractivity contribution in [2.45, 2.75) is 6.42 Å². The Morgan fingerprint density at radius 3 is 2.45 bits per heavy atom. The summed E-state index contributed by atoms with van der Waals surface area (Å²) < 4.78 is 7.29. The van der Waals surface area contributed by atoms with Crippen LogP contribution >= 0.6 is 0 Å². The topological polar surface area (TPSA) is 38.4 Å². The van der Waals surface area contributed by atoms with E-state index >= 15 is 0 Å². The predicted molar refractivity (Wildman–Crippen MR) is 85.1 cm³/mol. The van der Waals surface area contributed by atoms with Gasteiger partial charge in [-0.1, -0.05) is 0 Å². The van der Waals surface area contributed by atoms with Crippen LogP contribution in [-0.4, -0.2) is 29.0 Å². The summed E-state index contributed by atoms with van der Waals surface area (Å²) in [6.07, 6.45) is 6.33. The average Bonchev–Trinajstić information content (AvgIpc) is 3.25.